The number of aryl methyl sites for hydroxylation is 1. The summed E-state index contributed by atoms with van der Waals surface area (Å²) < 4.78 is 27.7. The number of carbonyl (C=O) groups is 1. The lowest BCUT2D eigenvalue weighted by Gasteiger charge is -2.08. The fourth-order valence-electron chi connectivity index (χ4n) is 1.62. The zero-order valence-corrected chi connectivity index (χ0v) is 12.6. The van der Waals surface area contributed by atoms with E-state index in [1.807, 2.05) is 0 Å². The first kappa shape index (κ1) is 14.9. The molecule has 0 aliphatic heterocycles. The van der Waals surface area contributed by atoms with Crippen LogP contribution < -0.4 is 5.32 Å². The topological polar surface area (TPSA) is 29.1 Å². The van der Waals surface area contributed by atoms with Crippen molar-refractivity contribution >= 4 is 39.1 Å². The Morgan fingerprint density at radius 2 is 1.85 bits per heavy atom. The Morgan fingerprint density at radius 3 is 2.50 bits per heavy atom. The van der Waals surface area contributed by atoms with E-state index < -0.39 is 17.5 Å². The molecule has 1 amide bonds. The Bertz CT molecular complexity index is 671. The SMILES string of the molecule is Cc1cc(F)c(NC(=O)c2cc(Cl)cc(Br)c2)cc1F. The summed E-state index contributed by atoms with van der Waals surface area (Å²) in [5, 5.41) is 2.68. The van der Waals surface area contributed by atoms with Crippen molar-refractivity contribution in [2.75, 3.05) is 5.32 Å². The normalized spacial score (nSPS) is 10.4. The molecule has 2 aromatic rings. The Kier molecular flexibility index (Phi) is 4.40. The zero-order chi connectivity index (χ0) is 14.9. The molecule has 20 heavy (non-hydrogen) atoms. The summed E-state index contributed by atoms with van der Waals surface area (Å²) in [6.07, 6.45) is 0. The Balaban J connectivity index is 2.30. The number of halogens is 4. The highest BCUT2D eigenvalue weighted by molar-refractivity contribution is 9.10. The van der Waals surface area contributed by atoms with Gasteiger partial charge in [-0.3, -0.25) is 4.79 Å². The maximum absolute atomic E-state index is 13.6. The van der Waals surface area contributed by atoms with Gasteiger partial charge in [-0.25, -0.2) is 8.78 Å². The molecule has 0 aliphatic rings. The Hall–Kier alpha value is -1.46. The second-order valence-corrected chi connectivity index (χ2v) is 5.55. The molecule has 0 bridgehead atoms. The fraction of sp³-hybridized carbons (Fsp3) is 0.0714. The quantitative estimate of drug-likeness (QED) is 0.807. The van der Waals surface area contributed by atoms with Gasteiger partial charge in [-0.1, -0.05) is 27.5 Å². The van der Waals surface area contributed by atoms with Gasteiger partial charge in [-0.2, -0.15) is 0 Å². The highest BCUT2D eigenvalue weighted by Gasteiger charge is 2.13. The van der Waals surface area contributed by atoms with Crippen LogP contribution in [0.2, 0.25) is 5.02 Å². The summed E-state index contributed by atoms with van der Waals surface area (Å²) in [5.41, 5.74) is 0.199. The minimum atomic E-state index is -0.696. The van der Waals surface area contributed by atoms with Crippen molar-refractivity contribution in [2.45, 2.75) is 6.92 Å². The first-order chi connectivity index (χ1) is 9.36. The van der Waals surface area contributed by atoms with Crippen LogP contribution in [0.4, 0.5) is 14.5 Å². The van der Waals surface area contributed by atoms with Gasteiger partial charge in [0.05, 0.1) is 5.69 Å². The predicted molar refractivity (Wildman–Crippen MR) is 78.2 cm³/mol. The lowest BCUT2D eigenvalue weighted by atomic mass is 10.1. The number of amides is 1. The maximum atomic E-state index is 13.6. The first-order valence-corrected chi connectivity index (χ1v) is 6.77. The van der Waals surface area contributed by atoms with Crippen molar-refractivity contribution in [3.05, 3.63) is 62.6 Å². The summed E-state index contributed by atoms with van der Waals surface area (Å²) in [5.74, 6) is -1.86. The van der Waals surface area contributed by atoms with Crippen LogP contribution in [0, 0.1) is 18.6 Å². The molecule has 0 saturated carbocycles. The van der Waals surface area contributed by atoms with Crippen molar-refractivity contribution in [1.82, 2.24) is 0 Å². The number of benzene rings is 2. The van der Waals surface area contributed by atoms with Gasteiger partial charge in [0.15, 0.2) is 0 Å². The van der Waals surface area contributed by atoms with Crippen LogP contribution in [0.5, 0.6) is 0 Å². The second-order valence-electron chi connectivity index (χ2n) is 4.19. The molecule has 6 heteroatoms. The van der Waals surface area contributed by atoms with Crippen LogP contribution in [0.1, 0.15) is 15.9 Å². The minimum absolute atomic E-state index is 0.172. The molecule has 1 N–H and O–H groups in total. The van der Waals surface area contributed by atoms with E-state index in [2.05, 4.69) is 21.2 Å². The molecule has 0 unspecified atom stereocenters. The monoisotopic (exact) mass is 359 g/mol. The third-order valence-electron chi connectivity index (χ3n) is 2.62. The minimum Gasteiger partial charge on any atom is -0.319 e. The Morgan fingerprint density at radius 1 is 1.15 bits per heavy atom. The van der Waals surface area contributed by atoms with Gasteiger partial charge in [0, 0.05) is 21.1 Å². The highest BCUT2D eigenvalue weighted by atomic mass is 79.9. The third-order valence-corrected chi connectivity index (χ3v) is 3.30. The van der Waals surface area contributed by atoms with Gasteiger partial charge < -0.3 is 5.32 Å². The van der Waals surface area contributed by atoms with E-state index in [0.29, 0.717) is 9.50 Å². The van der Waals surface area contributed by atoms with Crippen LogP contribution in [-0.4, -0.2) is 5.91 Å². The summed E-state index contributed by atoms with van der Waals surface area (Å²) in [6, 6.07) is 6.55. The van der Waals surface area contributed by atoms with Crippen LogP contribution in [-0.2, 0) is 0 Å². The van der Waals surface area contributed by atoms with Crippen molar-refractivity contribution < 1.29 is 13.6 Å². The molecular weight excluding hydrogens is 352 g/mol. The average molecular weight is 361 g/mol. The van der Waals surface area contributed by atoms with Gasteiger partial charge >= 0.3 is 0 Å². The van der Waals surface area contributed by atoms with E-state index in [0.717, 1.165) is 12.1 Å². The fourth-order valence-corrected chi connectivity index (χ4v) is 2.48. The Labute approximate surface area is 127 Å². The van der Waals surface area contributed by atoms with Crippen molar-refractivity contribution in [2.24, 2.45) is 0 Å². The van der Waals surface area contributed by atoms with Crippen molar-refractivity contribution in [1.29, 1.82) is 0 Å². The number of rotatable bonds is 2. The summed E-state index contributed by atoms with van der Waals surface area (Å²) >= 11 is 9.03. The van der Waals surface area contributed by atoms with E-state index in [1.165, 1.54) is 19.1 Å². The van der Waals surface area contributed by atoms with Gasteiger partial charge in [-0.05, 0) is 36.8 Å². The van der Waals surface area contributed by atoms with E-state index in [4.69, 9.17) is 11.6 Å². The zero-order valence-electron chi connectivity index (χ0n) is 10.3. The summed E-state index contributed by atoms with van der Waals surface area (Å²) in [6.45, 7) is 1.44. The van der Waals surface area contributed by atoms with Crippen LogP contribution in [0.15, 0.2) is 34.8 Å². The lowest BCUT2D eigenvalue weighted by Crippen LogP contribution is -2.13. The molecule has 104 valence electrons. The van der Waals surface area contributed by atoms with Crippen LogP contribution >= 0.6 is 27.5 Å². The second kappa shape index (κ2) is 5.89. The van der Waals surface area contributed by atoms with Gasteiger partial charge in [0.25, 0.3) is 5.91 Å². The molecule has 0 fully saturated rings. The van der Waals surface area contributed by atoms with Crippen molar-refractivity contribution in [3.8, 4) is 0 Å². The van der Waals surface area contributed by atoms with Crippen LogP contribution in [0.25, 0.3) is 0 Å². The molecule has 2 aromatic carbocycles. The molecule has 0 heterocycles. The molecule has 0 aromatic heterocycles. The van der Waals surface area contributed by atoms with E-state index in [9.17, 15) is 13.6 Å². The molecule has 0 spiro atoms. The molecule has 0 saturated heterocycles. The summed E-state index contributed by atoms with van der Waals surface area (Å²) in [7, 11) is 0. The largest absolute Gasteiger partial charge is 0.319 e. The van der Waals surface area contributed by atoms with Gasteiger partial charge in [-0.15, -0.1) is 0 Å². The number of nitrogens with one attached hydrogen (secondary N) is 1. The maximum Gasteiger partial charge on any atom is 0.255 e. The number of carbonyl (C=O) groups excluding carboxylic acids is 1. The van der Waals surface area contributed by atoms with Gasteiger partial charge in [0.1, 0.15) is 11.6 Å². The molecule has 0 atom stereocenters. The molecule has 2 rings (SSSR count). The van der Waals surface area contributed by atoms with E-state index in [1.54, 1.807) is 6.07 Å². The van der Waals surface area contributed by atoms with E-state index >= 15 is 0 Å². The smallest absolute Gasteiger partial charge is 0.255 e. The lowest BCUT2D eigenvalue weighted by molar-refractivity contribution is 0.102. The molecule has 0 radical (unpaired) electrons. The highest BCUT2D eigenvalue weighted by Crippen LogP contribution is 2.22. The third kappa shape index (κ3) is 3.35. The number of hydrogen-bond donors (Lipinski definition) is 1. The number of hydrogen-bond acceptors (Lipinski definition) is 1. The van der Waals surface area contributed by atoms with Crippen LogP contribution in [0.3, 0.4) is 0 Å². The standard InChI is InChI=1S/C14H9BrClF2NO/c1-7-2-12(18)13(6-11(7)17)19-14(20)8-3-9(15)5-10(16)4-8/h2-6H,1H3,(H,19,20). The predicted octanol–water partition coefficient (Wildman–Crippen LogP) is 4.94. The summed E-state index contributed by atoms with van der Waals surface area (Å²) in [4.78, 5) is 12.0. The molecular formula is C14H9BrClF2NO. The molecule has 0 aliphatic carbocycles. The van der Waals surface area contributed by atoms with Crippen molar-refractivity contribution in [3.63, 3.8) is 0 Å². The first-order valence-electron chi connectivity index (χ1n) is 5.60. The van der Waals surface area contributed by atoms with E-state index in [-0.39, 0.29) is 16.8 Å². The number of anilines is 1. The van der Waals surface area contributed by atoms with Gasteiger partial charge in [0.2, 0.25) is 0 Å². The molecule has 2 nitrogen and oxygen atoms in total. The average Bonchev–Trinajstić information content (AvgIpc) is 2.34.